The molecular formula is C13H18ClN3O. The van der Waals surface area contributed by atoms with Crippen LogP contribution in [-0.2, 0) is 6.42 Å². The molecule has 1 fully saturated rings. The number of rotatable bonds is 4. The molecule has 0 aromatic carbocycles. The van der Waals surface area contributed by atoms with Crippen molar-refractivity contribution >= 4 is 23.4 Å². The zero-order valence-corrected chi connectivity index (χ0v) is 11.4. The number of amides is 2. The Morgan fingerprint density at radius 3 is 2.89 bits per heavy atom. The van der Waals surface area contributed by atoms with Gasteiger partial charge in [0.25, 0.3) is 0 Å². The molecule has 0 spiro atoms. The van der Waals surface area contributed by atoms with Gasteiger partial charge in [-0.1, -0.05) is 25.4 Å². The zero-order valence-electron chi connectivity index (χ0n) is 10.7. The number of nitrogens with one attached hydrogen (secondary N) is 2. The molecule has 0 radical (unpaired) electrons. The number of hydrogen-bond donors (Lipinski definition) is 2. The van der Waals surface area contributed by atoms with E-state index >= 15 is 0 Å². The molecule has 1 aromatic heterocycles. The molecule has 0 unspecified atom stereocenters. The Morgan fingerprint density at radius 2 is 2.28 bits per heavy atom. The molecule has 1 saturated carbocycles. The van der Waals surface area contributed by atoms with Crippen LogP contribution < -0.4 is 10.6 Å². The van der Waals surface area contributed by atoms with Gasteiger partial charge in [-0.15, -0.1) is 0 Å². The van der Waals surface area contributed by atoms with Crippen molar-refractivity contribution in [2.75, 3.05) is 5.32 Å². The van der Waals surface area contributed by atoms with Gasteiger partial charge in [0.05, 0.1) is 5.02 Å². The number of pyridine rings is 1. The van der Waals surface area contributed by atoms with E-state index in [1.54, 1.807) is 6.20 Å². The van der Waals surface area contributed by atoms with Crippen LogP contribution in [0.5, 0.6) is 0 Å². The van der Waals surface area contributed by atoms with E-state index in [1.165, 1.54) is 0 Å². The van der Waals surface area contributed by atoms with E-state index < -0.39 is 0 Å². The van der Waals surface area contributed by atoms with Crippen LogP contribution in [0.1, 0.15) is 32.3 Å². The Kier molecular flexibility index (Phi) is 4.07. The van der Waals surface area contributed by atoms with Crippen molar-refractivity contribution < 1.29 is 4.79 Å². The van der Waals surface area contributed by atoms with Crippen molar-refractivity contribution in [1.29, 1.82) is 0 Å². The Labute approximate surface area is 112 Å². The van der Waals surface area contributed by atoms with Gasteiger partial charge in [-0.3, -0.25) is 5.32 Å². The summed E-state index contributed by atoms with van der Waals surface area (Å²) in [5.41, 5.74) is 0.975. The number of hydrogen-bond acceptors (Lipinski definition) is 2. The number of halogens is 1. The second-order valence-electron chi connectivity index (χ2n) is 5.13. The van der Waals surface area contributed by atoms with Gasteiger partial charge in [0.1, 0.15) is 5.82 Å². The van der Waals surface area contributed by atoms with E-state index in [-0.39, 0.29) is 6.03 Å². The zero-order chi connectivity index (χ0) is 13.1. The van der Waals surface area contributed by atoms with E-state index in [0.29, 0.717) is 22.8 Å². The van der Waals surface area contributed by atoms with Crippen molar-refractivity contribution in [1.82, 2.24) is 10.3 Å². The average molecular weight is 268 g/mol. The first-order valence-corrected chi connectivity index (χ1v) is 6.64. The fourth-order valence-corrected chi connectivity index (χ4v) is 1.93. The fourth-order valence-electron chi connectivity index (χ4n) is 1.75. The molecule has 1 aliphatic carbocycles. The molecule has 0 bridgehead atoms. The number of aromatic nitrogens is 1. The Balaban J connectivity index is 2.07. The summed E-state index contributed by atoms with van der Waals surface area (Å²) < 4.78 is 0. The molecule has 4 nitrogen and oxygen atoms in total. The first-order chi connectivity index (χ1) is 8.54. The van der Waals surface area contributed by atoms with Crippen molar-refractivity contribution in [3.05, 3.63) is 22.8 Å². The van der Waals surface area contributed by atoms with Gasteiger partial charge in [-0.2, -0.15) is 0 Å². The fraction of sp³-hybridized carbons (Fsp3) is 0.538. The van der Waals surface area contributed by atoms with Gasteiger partial charge in [-0.25, -0.2) is 9.78 Å². The predicted molar refractivity (Wildman–Crippen MR) is 73.0 cm³/mol. The van der Waals surface area contributed by atoms with Crippen LogP contribution in [0.3, 0.4) is 0 Å². The lowest BCUT2D eigenvalue weighted by atomic mass is 10.0. The SMILES string of the molecule is CC(C)Cc1cc(Cl)cnc1NC(=O)NC1CC1. The number of carbonyl (C=O) groups is 1. The quantitative estimate of drug-likeness (QED) is 0.880. The molecular weight excluding hydrogens is 250 g/mol. The third-order valence-electron chi connectivity index (χ3n) is 2.71. The first kappa shape index (κ1) is 13.1. The minimum absolute atomic E-state index is 0.183. The molecule has 1 aliphatic rings. The second-order valence-corrected chi connectivity index (χ2v) is 5.57. The minimum Gasteiger partial charge on any atom is -0.335 e. The summed E-state index contributed by atoms with van der Waals surface area (Å²) in [5, 5.41) is 6.27. The van der Waals surface area contributed by atoms with Crippen LogP contribution in [-0.4, -0.2) is 17.1 Å². The number of carbonyl (C=O) groups excluding carboxylic acids is 1. The van der Waals surface area contributed by atoms with E-state index in [1.807, 2.05) is 6.07 Å². The molecule has 1 heterocycles. The molecule has 5 heteroatoms. The van der Waals surface area contributed by atoms with Crippen molar-refractivity contribution in [3.63, 3.8) is 0 Å². The molecule has 1 aromatic rings. The standard InChI is InChI=1S/C13H18ClN3O/c1-8(2)5-9-6-10(14)7-15-12(9)17-13(18)16-11-3-4-11/h6-8,11H,3-5H2,1-2H3,(H2,15,16,17,18). The van der Waals surface area contributed by atoms with E-state index in [0.717, 1.165) is 24.8 Å². The Hall–Kier alpha value is -1.29. The van der Waals surface area contributed by atoms with Gasteiger partial charge in [0, 0.05) is 12.2 Å². The van der Waals surface area contributed by atoms with Gasteiger partial charge < -0.3 is 5.32 Å². The van der Waals surface area contributed by atoms with Crippen LogP contribution in [0.15, 0.2) is 12.3 Å². The first-order valence-electron chi connectivity index (χ1n) is 6.26. The lowest BCUT2D eigenvalue weighted by Crippen LogP contribution is -2.31. The Morgan fingerprint density at radius 1 is 1.56 bits per heavy atom. The lowest BCUT2D eigenvalue weighted by Gasteiger charge is -2.12. The summed E-state index contributed by atoms with van der Waals surface area (Å²) in [5.74, 6) is 1.09. The molecule has 18 heavy (non-hydrogen) atoms. The third kappa shape index (κ3) is 3.88. The largest absolute Gasteiger partial charge is 0.335 e. The second kappa shape index (κ2) is 5.57. The summed E-state index contributed by atoms with van der Waals surface area (Å²) in [6.07, 6.45) is 4.53. The van der Waals surface area contributed by atoms with Crippen LogP contribution in [0.2, 0.25) is 5.02 Å². The maximum atomic E-state index is 11.7. The maximum absolute atomic E-state index is 11.7. The summed E-state index contributed by atoms with van der Waals surface area (Å²) in [7, 11) is 0. The van der Waals surface area contributed by atoms with Crippen LogP contribution >= 0.6 is 11.6 Å². The van der Waals surface area contributed by atoms with Gasteiger partial charge in [-0.05, 0) is 36.8 Å². The minimum atomic E-state index is -0.183. The molecule has 0 saturated heterocycles. The molecule has 0 aliphatic heterocycles. The van der Waals surface area contributed by atoms with Crippen molar-refractivity contribution in [3.8, 4) is 0 Å². The highest BCUT2D eigenvalue weighted by atomic mass is 35.5. The van der Waals surface area contributed by atoms with Crippen LogP contribution in [0.4, 0.5) is 10.6 Å². The monoisotopic (exact) mass is 267 g/mol. The van der Waals surface area contributed by atoms with Crippen LogP contribution in [0, 0.1) is 5.92 Å². The van der Waals surface area contributed by atoms with Gasteiger partial charge in [0.15, 0.2) is 0 Å². The number of nitrogens with zero attached hydrogens (tertiary/aromatic N) is 1. The van der Waals surface area contributed by atoms with E-state index in [2.05, 4.69) is 29.5 Å². The molecule has 0 atom stereocenters. The predicted octanol–water partition coefficient (Wildman–Crippen LogP) is 3.22. The number of urea groups is 1. The topological polar surface area (TPSA) is 54.0 Å². The van der Waals surface area contributed by atoms with Gasteiger partial charge >= 0.3 is 6.03 Å². The Bertz CT molecular complexity index is 444. The van der Waals surface area contributed by atoms with Crippen molar-refractivity contribution in [2.24, 2.45) is 5.92 Å². The molecule has 98 valence electrons. The molecule has 2 rings (SSSR count). The summed E-state index contributed by atoms with van der Waals surface area (Å²) in [6.45, 7) is 4.24. The maximum Gasteiger partial charge on any atom is 0.320 e. The summed E-state index contributed by atoms with van der Waals surface area (Å²) in [4.78, 5) is 15.9. The summed E-state index contributed by atoms with van der Waals surface area (Å²) in [6, 6.07) is 2.02. The highest BCUT2D eigenvalue weighted by molar-refractivity contribution is 6.30. The van der Waals surface area contributed by atoms with Gasteiger partial charge in [0.2, 0.25) is 0 Å². The van der Waals surface area contributed by atoms with Crippen LogP contribution in [0.25, 0.3) is 0 Å². The highest BCUT2D eigenvalue weighted by Gasteiger charge is 2.23. The van der Waals surface area contributed by atoms with Crippen molar-refractivity contribution in [2.45, 2.75) is 39.2 Å². The number of anilines is 1. The normalized spacial score (nSPS) is 14.7. The lowest BCUT2D eigenvalue weighted by molar-refractivity contribution is 0.251. The summed E-state index contributed by atoms with van der Waals surface area (Å²) >= 11 is 5.94. The highest BCUT2D eigenvalue weighted by Crippen LogP contribution is 2.22. The average Bonchev–Trinajstić information content (AvgIpc) is 3.05. The molecule has 2 amide bonds. The molecule has 2 N–H and O–H groups in total. The van der Waals surface area contributed by atoms with E-state index in [4.69, 9.17) is 11.6 Å². The third-order valence-corrected chi connectivity index (χ3v) is 2.91. The van der Waals surface area contributed by atoms with E-state index in [9.17, 15) is 4.79 Å². The smallest absolute Gasteiger partial charge is 0.320 e.